The van der Waals surface area contributed by atoms with Crippen LogP contribution in [0.3, 0.4) is 0 Å². The van der Waals surface area contributed by atoms with Gasteiger partial charge in [0, 0.05) is 5.56 Å². The molecule has 0 amide bonds. The van der Waals surface area contributed by atoms with E-state index >= 15 is 0 Å². The number of hydrogen-bond donors (Lipinski definition) is 1. The summed E-state index contributed by atoms with van der Waals surface area (Å²) >= 11 is 0. The van der Waals surface area contributed by atoms with Gasteiger partial charge in [0.25, 0.3) is 0 Å². The van der Waals surface area contributed by atoms with Crippen molar-refractivity contribution >= 4 is 5.97 Å². The molecule has 0 aliphatic carbocycles. The molecule has 0 spiro atoms. The Morgan fingerprint density at radius 1 is 1.54 bits per heavy atom. The molecule has 0 fully saturated rings. The molecule has 1 N–H and O–H groups in total. The molecule has 2 nitrogen and oxygen atoms in total. The van der Waals surface area contributed by atoms with Gasteiger partial charge in [0.05, 0.1) is 6.42 Å². The van der Waals surface area contributed by atoms with Crippen molar-refractivity contribution in [3.8, 4) is 0 Å². The molecule has 0 saturated carbocycles. The number of aliphatic carboxylic acids is 1. The zero-order valence-corrected chi connectivity index (χ0v) is 7.38. The van der Waals surface area contributed by atoms with Gasteiger partial charge in [-0.3, -0.25) is 4.79 Å². The highest BCUT2D eigenvalue weighted by atomic mass is 19.1. The third-order valence-corrected chi connectivity index (χ3v) is 1.92. The van der Waals surface area contributed by atoms with Crippen LogP contribution in [0.2, 0.25) is 0 Å². The van der Waals surface area contributed by atoms with Gasteiger partial charge in [-0.25, -0.2) is 4.39 Å². The molecular weight excluding hydrogens is 171 g/mol. The van der Waals surface area contributed by atoms with Gasteiger partial charge >= 0.3 is 5.97 Å². The Morgan fingerprint density at radius 2 is 2.23 bits per heavy atom. The normalized spacial score (nSPS) is 10.0. The van der Waals surface area contributed by atoms with Gasteiger partial charge in [-0.2, -0.15) is 0 Å². The molecule has 0 bridgehead atoms. The molecule has 0 aliphatic heterocycles. The predicted molar refractivity (Wildman–Crippen MR) is 47.1 cm³/mol. The van der Waals surface area contributed by atoms with E-state index in [4.69, 9.17) is 5.11 Å². The average molecular weight is 182 g/mol. The SMILES string of the molecule is CCc1cccc(F)c1CC(=O)O. The first-order valence-corrected chi connectivity index (χ1v) is 4.13. The summed E-state index contributed by atoms with van der Waals surface area (Å²) in [6.45, 7) is 1.88. The van der Waals surface area contributed by atoms with Crippen LogP contribution in [0.15, 0.2) is 18.2 Å². The zero-order valence-electron chi connectivity index (χ0n) is 7.38. The molecule has 0 atom stereocenters. The van der Waals surface area contributed by atoms with Crippen LogP contribution in [0.25, 0.3) is 0 Å². The lowest BCUT2D eigenvalue weighted by atomic mass is 10.0. The Labute approximate surface area is 76.0 Å². The van der Waals surface area contributed by atoms with Gasteiger partial charge in [-0.05, 0) is 18.1 Å². The highest BCUT2D eigenvalue weighted by molar-refractivity contribution is 5.70. The minimum absolute atomic E-state index is 0.240. The summed E-state index contributed by atoms with van der Waals surface area (Å²) in [6.07, 6.45) is 0.413. The maximum absolute atomic E-state index is 13.1. The summed E-state index contributed by atoms with van der Waals surface area (Å²) in [5, 5.41) is 8.54. The molecule has 70 valence electrons. The topological polar surface area (TPSA) is 37.3 Å². The molecule has 1 aromatic rings. The molecule has 0 saturated heterocycles. The monoisotopic (exact) mass is 182 g/mol. The number of carboxylic acids is 1. The maximum Gasteiger partial charge on any atom is 0.307 e. The van der Waals surface area contributed by atoms with Crippen molar-refractivity contribution in [1.82, 2.24) is 0 Å². The summed E-state index contributed by atoms with van der Waals surface area (Å²) in [5.41, 5.74) is 1.07. The van der Waals surface area contributed by atoms with E-state index < -0.39 is 11.8 Å². The predicted octanol–water partition coefficient (Wildman–Crippen LogP) is 2.02. The highest BCUT2D eigenvalue weighted by Gasteiger charge is 2.10. The quantitative estimate of drug-likeness (QED) is 0.776. The van der Waals surface area contributed by atoms with Crippen LogP contribution < -0.4 is 0 Å². The van der Waals surface area contributed by atoms with Crippen molar-refractivity contribution in [1.29, 1.82) is 0 Å². The van der Waals surface area contributed by atoms with E-state index in [1.165, 1.54) is 6.07 Å². The first-order chi connectivity index (χ1) is 6.15. The molecule has 0 unspecified atom stereocenters. The minimum Gasteiger partial charge on any atom is -0.481 e. The second-order valence-corrected chi connectivity index (χ2v) is 2.80. The van der Waals surface area contributed by atoms with Crippen molar-refractivity contribution < 1.29 is 14.3 Å². The van der Waals surface area contributed by atoms with E-state index in [-0.39, 0.29) is 6.42 Å². The molecule has 0 radical (unpaired) electrons. The number of rotatable bonds is 3. The van der Waals surface area contributed by atoms with Gasteiger partial charge < -0.3 is 5.11 Å². The number of hydrogen-bond acceptors (Lipinski definition) is 1. The lowest BCUT2D eigenvalue weighted by Gasteiger charge is -2.05. The van der Waals surface area contributed by atoms with Crippen LogP contribution in [0.1, 0.15) is 18.1 Å². The fourth-order valence-electron chi connectivity index (χ4n) is 1.28. The summed E-state index contributed by atoms with van der Waals surface area (Å²) < 4.78 is 13.1. The Morgan fingerprint density at radius 3 is 2.77 bits per heavy atom. The molecule has 13 heavy (non-hydrogen) atoms. The van der Waals surface area contributed by atoms with Crippen LogP contribution >= 0.6 is 0 Å². The molecule has 1 aromatic carbocycles. The summed E-state index contributed by atoms with van der Waals surface area (Å²) in [7, 11) is 0. The van der Waals surface area contributed by atoms with Crippen LogP contribution in [0.4, 0.5) is 4.39 Å². The van der Waals surface area contributed by atoms with Crippen LogP contribution in [-0.4, -0.2) is 11.1 Å². The molecule has 3 heteroatoms. The van der Waals surface area contributed by atoms with Crippen LogP contribution in [0.5, 0.6) is 0 Å². The van der Waals surface area contributed by atoms with E-state index in [2.05, 4.69) is 0 Å². The van der Waals surface area contributed by atoms with Crippen molar-refractivity contribution in [2.24, 2.45) is 0 Å². The van der Waals surface area contributed by atoms with Crippen molar-refractivity contribution in [3.05, 3.63) is 35.1 Å². The summed E-state index contributed by atoms with van der Waals surface area (Å²) in [6, 6.07) is 4.64. The van der Waals surface area contributed by atoms with Gasteiger partial charge in [0.2, 0.25) is 0 Å². The average Bonchev–Trinajstić information content (AvgIpc) is 2.08. The maximum atomic E-state index is 13.1. The minimum atomic E-state index is -1.00. The first kappa shape index (κ1) is 9.71. The largest absolute Gasteiger partial charge is 0.481 e. The van der Waals surface area contributed by atoms with Crippen LogP contribution in [-0.2, 0) is 17.6 Å². The van der Waals surface area contributed by atoms with Gasteiger partial charge in [-0.15, -0.1) is 0 Å². The molecular formula is C10H11FO2. The lowest BCUT2D eigenvalue weighted by molar-refractivity contribution is -0.136. The molecule has 1 rings (SSSR count). The molecule has 0 heterocycles. The van der Waals surface area contributed by atoms with E-state index in [0.717, 1.165) is 5.56 Å². The number of halogens is 1. The molecule has 0 aromatic heterocycles. The third kappa shape index (κ3) is 2.28. The highest BCUT2D eigenvalue weighted by Crippen LogP contribution is 2.14. The number of aryl methyl sites for hydroxylation is 1. The third-order valence-electron chi connectivity index (χ3n) is 1.92. The number of carboxylic acid groups (broad SMARTS) is 1. The van der Waals surface area contributed by atoms with E-state index in [1.807, 2.05) is 6.92 Å². The van der Waals surface area contributed by atoms with Gasteiger partial charge in [0.15, 0.2) is 0 Å². The number of carbonyl (C=O) groups is 1. The standard InChI is InChI=1S/C10H11FO2/c1-2-7-4-3-5-9(11)8(7)6-10(12)13/h3-5H,2,6H2,1H3,(H,12,13). The van der Waals surface area contributed by atoms with Crippen molar-refractivity contribution in [2.75, 3.05) is 0 Å². The van der Waals surface area contributed by atoms with E-state index in [9.17, 15) is 9.18 Å². The Hall–Kier alpha value is -1.38. The Bertz CT molecular complexity index is 321. The van der Waals surface area contributed by atoms with Gasteiger partial charge in [0.1, 0.15) is 5.82 Å². The number of benzene rings is 1. The van der Waals surface area contributed by atoms with E-state index in [1.54, 1.807) is 12.1 Å². The summed E-state index contributed by atoms with van der Waals surface area (Å²) in [4.78, 5) is 10.4. The van der Waals surface area contributed by atoms with Crippen LogP contribution in [0, 0.1) is 5.82 Å². The lowest BCUT2D eigenvalue weighted by Crippen LogP contribution is -2.05. The fourth-order valence-corrected chi connectivity index (χ4v) is 1.28. The van der Waals surface area contributed by atoms with Crippen molar-refractivity contribution in [3.63, 3.8) is 0 Å². The molecule has 0 aliphatic rings. The first-order valence-electron chi connectivity index (χ1n) is 4.13. The Kier molecular flexibility index (Phi) is 3.01. The summed E-state index contributed by atoms with van der Waals surface area (Å²) in [5.74, 6) is -1.43. The van der Waals surface area contributed by atoms with E-state index in [0.29, 0.717) is 12.0 Å². The van der Waals surface area contributed by atoms with Crippen molar-refractivity contribution in [2.45, 2.75) is 19.8 Å². The second-order valence-electron chi connectivity index (χ2n) is 2.80. The second kappa shape index (κ2) is 4.03. The fraction of sp³-hybridized carbons (Fsp3) is 0.300. The van der Waals surface area contributed by atoms with Gasteiger partial charge in [-0.1, -0.05) is 19.1 Å². The zero-order chi connectivity index (χ0) is 9.84. The smallest absolute Gasteiger partial charge is 0.307 e. The Balaban J connectivity index is 3.07.